The first-order chi connectivity index (χ1) is 12.5. The Balaban J connectivity index is 1.32. The van der Waals surface area contributed by atoms with Gasteiger partial charge in [-0.15, -0.1) is 0 Å². The summed E-state index contributed by atoms with van der Waals surface area (Å²) in [6, 6.07) is 2.19. The number of rotatable bonds is 3. The van der Waals surface area contributed by atoms with Crippen LogP contribution < -0.4 is 5.32 Å². The molecule has 0 aliphatic carbocycles. The minimum absolute atomic E-state index is 0.0741. The molecule has 0 saturated carbocycles. The van der Waals surface area contributed by atoms with Gasteiger partial charge in [0.1, 0.15) is 0 Å². The van der Waals surface area contributed by atoms with E-state index in [1.54, 1.807) is 0 Å². The van der Waals surface area contributed by atoms with Crippen molar-refractivity contribution >= 4 is 5.91 Å². The number of ether oxygens (including phenoxy) is 1. The van der Waals surface area contributed by atoms with Gasteiger partial charge in [-0.25, -0.2) is 0 Å². The zero-order valence-electron chi connectivity index (χ0n) is 16.1. The lowest BCUT2D eigenvalue weighted by molar-refractivity contribution is -0.138. The number of hydrogen-bond acceptors (Lipinski definition) is 4. The molecule has 3 fully saturated rings. The second kappa shape index (κ2) is 7.31. The highest BCUT2D eigenvalue weighted by molar-refractivity contribution is 5.79. The average Bonchev–Trinajstić information content (AvgIpc) is 3.32. The minimum atomic E-state index is 0.0741. The number of likely N-dealkylation sites (tertiary alicyclic amines) is 1. The van der Waals surface area contributed by atoms with Gasteiger partial charge in [0.2, 0.25) is 5.91 Å². The summed E-state index contributed by atoms with van der Waals surface area (Å²) >= 11 is 0. The number of H-pyrrole nitrogens is 1. The van der Waals surface area contributed by atoms with Crippen molar-refractivity contribution < 1.29 is 9.53 Å². The molecule has 3 aliphatic heterocycles. The van der Waals surface area contributed by atoms with Crippen molar-refractivity contribution in [2.45, 2.75) is 69.9 Å². The van der Waals surface area contributed by atoms with E-state index in [1.165, 1.54) is 0 Å². The molecule has 0 radical (unpaired) electrons. The maximum Gasteiger partial charge on any atom is 0.225 e. The Hall–Kier alpha value is -1.40. The molecule has 4 heterocycles. The normalized spacial score (nSPS) is 29.8. The molecule has 0 bridgehead atoms. The van der Waals surface area contributed by atoms with Gasteiger partial charge in [0, 0.05) is 37.1 Å². The summed E-state index contributed by atoms with van der Waals surface area (Å²) in [5, 5.41) is 11.2. The highest BCUT2D eigenvalue weighted by atomic mass is 16.5. The highest BCUT2D eigenvalue weighted by Gasteiger charge is 2.35. The van der Waals surface area contributed by atoms with E-state index in [1.807, 2.05) is 0 Å². The molecule has 1 amide bonds. The SMILES string of the molecule is CC1(C)CC(C(=O)N2CCC(c3cc(C4CCCO4)[nH]n3)CC2)CCN1. The molecule has 144 valence electrons. The summed E-state index contributed by atoms with van der Waals surface area (Å²) in [6.45, 7) is 7.90. The van der Waals surface area contributed by atoms with Gasteiger partial charge in [-0.05, 0) is 65.0 Å². The van der Waals surface area contributed by atoms with Crippen molar-refractivity contribution in [2.24, 2.45) is 5.92 Å². The zero-order valence-corrected chi connectivity index (χ0v) is 16.1. The Morgan fingerprint density at radius 3 is 2.77 bits per heavy atom. The van der Waals surface area contributed by atoms with Crippen molar-refractivity contribution in [3.8, 4) is 0 Å². The summed E-state index contributed by atoms with van der Waals surface area (Å²) in [7, 11) is 0. The van der Waals surface area contributed by atoms with E-state index >= 15 is 0 Å². The molecule has 3 aliphatic rings. The molecular weight excluding hydrogens is 328 g/mol. The van der Waals surface area contributed by atoms with Gasteiger partial charge >= 0.3 is 0 Å². The molecule has 4 rings (SSSR count). The smallest absolute Gasteiger partial charge is 0.225 e. The van der Waals surface area contributed by atoms with Gasteiger partial charge in [0.25, 0.3) is 0 Å². The van der Waals surface area contributed by atoms with E-state index in [0.717, 1.165) is 76.2 Å². The van der Waals surface area contributed by atoms with E-state index in [-0.39, 0.29) is 17.6 Å². The van der Waals surface area contributed by atoms with Crippen LogP contribution in [-0.4, -0.2) is 52.8 Å². The number of carbonyl (C=O) groups excluding carboxylic acids is 1. The predicted molar refractivity (Wildman–Crippen MR) is 99.9 cm³/mol. The largest absolute Gasteiger partial charge is 0.372 e. The Morgan fingerprint density at radius 2 is 2.08 bits per heavy atom. The third-order valence-corrected chi connectivity index (χ3v) is 6.32. The first-order valence-electron chi connectivity index (χ1n) is 10.2. The number of nitrogens with zero attached hydrogens (tertiary/aromatic N) is 2. The van der Waals surface area contributed by atoms with E-state index in [4.69, 9.17) is 4.74 Å². The van der Waals surface area contributed by atoms with E-state index in [0.29, 0.717) is 11.8 Å². The molecule has 26 heavy (non-hydrogen) atoms. The van der Waals surface area contributed by atoms with Gasteiger partial charge in [0.05, 0.1) is 17.5 Å². The van der Waals surface area contributed by atoms with Gasteiger partial charge in [-0.1, -0.05) is 0 Å². The lowest BCUT2D eigenvalue weighted by Crippen LogP contribution is -2.51. The lowest BCUT2D eigenvalue weighted by Gasteiger charge is -2.39. The number of nitrogens with one attached hydrogen (secondary N) is 2. The van der Waals surface area contributed by atoms with E-state index in [2.05, 4.69) is 40.3 Å². The number of aromatic nitrogens is 2. The van der Waals surface area contributed by atoms with Crippen LogP contribution >= 0.6 is 0 Å². The summed E-state index contributed by atoms with van der Waals surface area (Å²) in [4.78, 5) is 15.0. The first kappa shape index (κ1) is 18.0. The Kier molecular flexibility index (Phi) is 5.06. The fraction of sp³-hybridized carbons (Fsp3) is 0.800. The zero-order chi connectivity index (χ0) is 18.1. The van der Waals surface area contributed by atoms with E-state index in [9.17, 15) is 4.79 Å². The minimum Gasteiger partial charge on any atom is -0.372 e. The van der Waals surface area contributed by atoms with Crippen LogP contribution in [0.2, 0.25) is 0 Å². The van der Waals surface area contributed by atoms with Gasteiger partial charge in [-0.3, -0.25) is 9.89 Å². The molecule has 0 spiro atoms. The number of piperidine rings is 2. The summed E-state index contributed by atoms with van der Waals surface area (Å²) in [5.41, 5.74) is 2.34. The van der Waals surface area contributed by atoms with Crippen molar-refractivity contribution in [1.29, 1.82) is 0 Å². The number of carbonyl (C=O) groups is 1. The average molecular weight is 361 g/mol. The van der Waals surface area contributed by atoms with Crippen molar-refractivity contribution in [3.05, 3.63) is 17.5 Å². The summed E-state index contributed by atoms with van der Waals surface area (Å²) in [6.07, 6.45) is 6.34. The molecule has 3 saturated heterocycles. The molecule has 1 aromatic rings. The van der Waals surface area contributed by atoms with Crippen LogP contribution in [0.5, 0.6) is 0 Å². The molecule has 0 aromatic carbocycles. The Labute approximate surface area is 156 Å². The topological polar surface area (TPSA) is 70.2 Å². The first-order valence-corrected chi connectivity index (χ1v) is 10.2. The van der Waals surface area contributed by atoms with Crippen LogP contribution in [0, 0.1) is 5.92 Å². The predicted octanol–water partition coefficient (Wildman–Crippen LogP) is 2.75. The number of hydrogen-bond donors (Lipinski definition) is 2. The van der Waals surface area contributed by atoms with Crippen LogP contribution in [0.25, 0.3) is 0 Å². The van der Waals surface area contributed by atoms with E-state index < -0.39 is 0 Å². The third kappa shape index (κ3) is 3.81. The summed E-state index contributed by atoms with van der Waals surface area (Å²) in [5.74, 6) is 0.995. The van der Waals surface area contributed by atoms with Crippen LogP contribution in [0.15, 0.2) is 6.07 Å². The molecule has 6 nitrogen and oxygen atoms in total. The lowest BCUT2D eigenvalue weighted by atomic mass is 9.83. The Bertz CT molecular complexity index is 628. The third-order valence-electron chi connectivity index (χ3n) is 6.32. The van der Waals surface area contributed by atoms with Crippen molar-refractivity contribution in [2.75, 3.05) is 26.2 Å². The second-order valence-corrected chi connectivity index (χ2v) is 8.85. The van der Waals surface area contributed by atoms with Crippen LogP contribution in [0.3, 0.4) is 0 Å². The van der Waals surface area contributed by atoms with Crippen LogP contribution in [0.4, 0.5) is 0 Å². The maximum absolute atomic E-state index is 12.9. The number of aromatic amines is 1. The number of amides is 1. The van der Waals surface area contributed by atoms with Crippen LogP contribution in [0.1, 0.15) is 75.8 Å². The van der Waals surface area contributed by atoms with Gasteiger partial charge in [0.15, 0.2) is 0 Å². The van der Waals surface area contributed by atoms with Crippen molar-refractivity contribution in [1.82, 2.24) is 20.4 Å². The second-order valence-electron chi connectivity index (χ2n) is 8.85. The van der Waals surface area contributed by atoms with Gasteiger partial charge < -0.3 is 15.0 Å². The molecule has 6 heteroatoms. The monoisotopic (exact) mass is 360 g/mol. The summed E-state index contributed by atoms with van der Waals surface area (Å²) < 4.78 is 5.74. The molecular formula is C20H32N4O2. The maximum atomic E-state index is 12.9. The van der Waals surface area contributed by atoms with Crippen molar-refractivity contribution in [3.63, 3.8) is 0 Å². The fourth-order valence-electron chi connectivity index (χ4n) is 4.79. The highest BCUT2D eigenvalue weighted by Crippen LogP contribution is 2.33. The Morgan fingerprint density at radius 1 is 1.27 bits per heavy atom. The fourth-order valence-corrected chi connectivity index (χ4v) is 4.79. The molecule has 2 N–H and O–H groups in total. The van der Waals surface area contributed by atoms with Crippen LogP contribution in [-0.2, 0) is 9.53 Å². The van der Waals surface area contributed by atoms with Gasteiger partial charge in [-0.2, -0.15) is 5.10 Å². The quantitative estimate of drug-likeness (QED) is 0.870. The molecule has 1 aromatic heterocycles. The molecule has 2 unspecified atom stereocenters. The standard InChI is InChI=1S/C20H32N4O2/c1-20(2)13-15(5-8-21-20)19(25)24-9-6-14(7-10-24)16-12-17(23-22-16)18-4-3-11-26-18/h12,14-15,18,21H,3-11,13H2,1-2H3,(H,22,23). The molecule has 2 atom stereocenters.